The average molecular weight is 1340 g/mol. The van der Waals surface area contributed by atoms with Crippen LogP contribution >= 0.6 is 0 Å². The molecule has 31 nitrogen and oxygen atoms in total. The van der Waals surface area contributed by atoms with Gasteiger partial charge in [-0.3, -0.25) is 57.5 Å². The molecule has 0 spiro atoms. The zero-order valence-corrected chi connectivity index (χ0v) is 52.6. The Balaban J connectivity index is 2.09. The van der Waals surface area contributed by atoms with Crippen molar-refractivity contribution in [2.24, 2.45) is 34.6 Å². The van der Waals surface area contributed by atoms with E-state index in [1.165, 1.54) is 0 Å². The van der Waals surface area contributed by atoms with Gasteiger partial charge in [-0.2, -0.15) is 0 Å². The topological polar surface area (TPSA) is 520 Å². The van der Waals surface area contributed by atoms with Gasteiger partial charge in [0.25, 0.3) is 0 Å². The van der Waals surface area contributed by atoms with Crippen molar-refractivity contribution in [1.29, 1.82) is 0 Å². The molecule has 2 aromatic carbocycles. The molecule has 1 saturated heterocycles. The maximum atomic E-state index is 14.7. The minimum Gasteiger partial charge on any atom is -0.391 e. The van der Waals surface area contributed by atoms with Gasteiger partial charge in [0, 0.05) is 31.9 Å². The van der Waals surface area contributed by atoms with E-state index in [1.54, 1.807) is 44.2 Å². The van der Waals surface area contributed by atoms with Gasteiger partial charge in [0.05, 0.1) is 12.2 Å². The second-order valence-electron chi connectivity index (χ2n) is 22.7. The van der Waals surface area contributed by atoms with E-state index in [0.29, 0.717) is 5.56 Å². The first-order valence-corrected chi connectivity index (χ1v) is 30.3. The number of carbonyl (C=O) groups excluding carboxylic acids is 12. The summed E-state index contributed by atoms with van der Waals surface area (Å²) in [5.41, 5.74) is 28.2. The van der Waals surface area contributed by atoms with Crippen molar-refractivity contribution in [2.45, 2.75) is 171 Å². The van der Waals surface area contributed by atoms with E-state index in [4.69, 9.17) is 28.7 Å². The highest BCUT2D eigenvalue weighted by molar-refractivity contribution is 5.99. The Morgan fingerprint density at radius 3 is 1.44 bits per heavy atom. The lowest BCUT2D eigenvalue weighted by Crippen LogP contribution is -2.62. The summed E-state index contributed by atoms with van der Waals surface area (Å²) in [7, 11) is 0. The van der Waals surface area contributed by atoms with Crippen molar-refractivity contribution in [3.05, 3.63) is 70.5 Å². The fourth-order valence-electron chi connectivity index (χ4n) is 9.63. The molecular formula is C58H88F5N17O14. The average Bonchev–Trinajstić information content (AvgIpc) is 0.804. The van der Waals surface area contributed by atoms with Gasteiger partial charge in [0.1, 0.15) is 66.5 Å². The van der Waals surface area contributed by atoms with Crippen molar-refractivity contribution in [3.63, 3.8) is 0 Å². The summed E-state index contributed by atoms with van der Waals surface area (Å²) < 4.78 is 71.5. The number of aliphatic hydroxyl groups excluding tert-OH is 2. The Bertz CT molecular complexity index is 2950. The highest BCUT2D eigenvalue weighted by Gasteiger charge is 2.39. The monoisotopic (exact) mass is 1340 g/mol. The maximum absolute atomic E-state index is 14.7. The molecule has 1 aliphatic heterocycles. The molecule has 0 saturated carbocycles. The molecule has 524 valence electrons. The number of carbonyl (C=O) groups is 12. The molecule has 0 radical (unpaired) electrons. The first-order chi connectivity index (χ1) is 44.3. The van der Waals surface area contributed by atoms with E-state index in [-0.39, 0.29) is 64.2 Å². The lowest BCUT2D eigenvalue weighted by molar-refractivity contribution is -0.137. The summed E-state index contributed by atoms with van der Waals surface area (Å²) in [5.74, 6) is -25.3. The van der Waals surface area contributed by atoms with Crippen LogP contribution in [-0.2, 0) is 70.4 Å². The Kier molecular flexibility index (Phi) is 33.3. The Labute approximate surface area is 538 Å². The van der Waals surface area contributed by atoms with Gasteiger partial charge in [-0.1, -0.05) is 44.2 Å². The van der Waals surface area contributed by atoms with Crippen molar-refractivity contribution in [1.82, 2.24) is 63.8 Å². The Hall–Kier alpha value is -8.55. The quantitative estimate of drug-likeness (QED) is 0.0225. The van der Waals surface area contributed by atoms with E-state index < -0.39 is 223 Å². The van der Waals surface area contributed by atoms with Crippen LogP contribution in [0.5, 0.6) is 0 Å². The smallest absolute Gasteiger partial charge is 0.245 e. The first-order valence-electron chi connectivity index (χ1n) is 30.3. The van der Waals surface area contributed by atoms with Crippen LogP contribution in [0.1, 0.15) is 90.7 Å². The predicted octanol–water partition coefficient (Wildman–Crippen LogP) is -6.41. The maximum Gasteiger partial charge on any atom is 0.245 e. The zero-order chi connectivity index (χ0) is 70.7. The second-order valence-corrected chi connectivity index (χ2v) is 22.7. The van der Waals surface area contributed by atoms with E-state index in [9.17, 15) is 89.7 Å². The number of halogens is 5. The van der Waals surface area contributed by atoms with Crippen LogP contribution in [0.25, 0.3) is 0 Å². The van der Waals surface area contributed by atoms with Gasteiger partial charge < -0.3 is 103 Å². The number of hydrogen-bond donors (Lipinski definition) is 19. The lowest BCUT2D eigenvalue weighted by Gasteiger charge is -2.29. The molecule has 1 aliphatic rings. The van der Waals surface area contributed by atoms with Crippen LogP contribution in [-0.4, -0.2) is 199 Å². The lowest BCUT2D eigenvalue weighted by atomic mass is 10.00. The van der Waals surface area contributed by atoms with Crippen molar-refractivity contribution >= 4 is 70.9 Å². The molecule has 94 heavy (non-hydrogen) atoms. The van der Waals surface area contributed by atoms with Crippen LogP contribution in [0.4, 0.5) is 22.0 Å². The molecule has 0 bridgehead atoms. The fourth-order valence-corrected chi connectivity index (χ4v) is 9.63. The molecule has 0 aromatic heterocycles. The number of rotatable bonds is 27. The third-order valence-electron chi connectivity index (χ3n) is 14.6. The summed E-state index contributed by atoms with van der Waals surface area (Å²) in [6.07, 6.45) is -7.26. The van der Waals surface area contributed by atoms with E-state index in [2.05, 4.69) is 58.5 Å². The van der Waals surface area contributed by atoms with Crippen LogP contribution in [0.2, 0.25) is 0 Å². The molecule has 13 atom stereocenters. The SMILES string of the molecule is CC(=O)N[C@H](Cc1c(F)c(F)c(F)c(F)c1F)C(=O)N[C@@H](CCN)C(=O)N[C@H](C(=O)N[C@@H](CCN)C(=O)N[C@H]1CCNC(=O)[C@H]([C@@H](C)O)NC(=O)[C@H](CCN)NC(=O)[C@H](CCN)NC(=O)[C@H](CC(C)C)NC(=O)[C@@H](Cc2ccccc2)NC(=O)[C@@H](CCN)NC1=O)[C@H](C)O. The van der Waals surface area contributed by atoms with Crippen molar-refractivity contribution < 1.29 is 89.7 Å². The number of aliphatic hydroxyl groups is 2. The van der Waals surface area contributed by atoms with E-state index in [1.807, 2.05) is 5.32 Å². The molecule has 1 fully saturated rings. The predicted molar refractivity (Wildman–Crippen MR) is 326 cm³/mol. The van der Waals surface area contributed by atoms with Gasteiger partial charge in [0.2, 0.25) is 76.7 Å². The summed E-state index contributed by atoms with van der Waals surface area (Å²) in [6.45, 7) is 4.51. The highest BCUT2D eigenvalue weighted by atomic mass is 19.2. The van der Waals surface area contributed by atoms with Gasteiger partial charge in [-0.25, -0.2) is 22.0 Å². The molecule has 36 heteroatoms. The van der Waals surface area contributed by atoms with Gasteiger partial charge in [-0.15, -0.1) is 0 Å². The number of nitrogens with two attached hydrogens (primary N) is 5. The van der Waals surface area contributed by atoms with Gasteiger partial charge in [0.15, 0.2) is 23.3 Å². The molecule has 12 amide bonds. The second kappa shape index (κ2) is 39.2. The van der Waals surface area contributed by atoms with Gasteiger partial charge >= 0.3 is 0 Å². The minimum atomic E-state index is -2.50. The number of benzene rings is 2. The largest absolute Gasteiger partial charge is 0.391 e. The molecule has 3 rings (SSSR count). The van der Waals surface area contributed by atoms with Crippen molar-refractivity contribution in [2.75, 3.05) is 39.3 Å². The Morgan fingerprint density at radius 1 is 0.521 bits per heavy atom. The van der Waals surface area contributed by atoms with Gasteiger partial charge in [-0.05, 0) is 103 Å². The molecule has 2 aromatic rings. The Morgan fingerprint density at radius 2 is 0.957 bits per heavy atom. The molecule has 0 aliphatic carbocycles. The zero-order valence-electron chi connectivity index (χ0n) is 52.6. The number of hydrogen-bond acceptors (Lipinski definition) is 19. The normalized spacial score (nSPS) is 21.8. The van der Waals surface area contributed by atoms with Crippen LogP contribution in [0.3, 0.4) is 0 Å². The summed E-state index contributed by atoms with van der Waals surface area (Å²) >= 11 is 0. The molecule has 0 unspecified atom stereocenters. The summed E-state index contributed by atoms with van der Waals surface area (Å²) in [5, 5.41) is 50.3. The van der Waals surface area contributed by atoms with E-state index >= 15 is 0 Å². The fraction of sp³-hybridized carbons (Fsp3) is 0.586. The van der Waals surface area contributed by atoms with Crippen LogP contribution in [0.15, 0.2) is 30.3 Å². The van der Waals surface area contributed by atoms with Crippen molar-refractivity contribution in [3.8, 4) is 0 Å². The molecule has 1 heterocycles. The minimum absolute atomic E-state index is 0.00794. The third-order valence-corrected chi connectivity index (χ3v) is 14.6. The van der Waals surface area contributed by atoms with Crippen LogP contribution in [0, 0.1) is 35.0 Å². The van der Waals surface area contributed by atoms with E-state index in [0.717, 1.165) is 20.8 Å². The molecular weight excluding hydrogens is 1250 g/mol. The number of nitrogens with one attached hydrogen (secondary N) is 12. The standard InChI is InChI=1S/C58H88F5N17O14/c1-26(2)23-38-54(90)73-32(11-17-64)48(84)72-35(14-20-67)52(88)79-46(27(3)81)57(93)69-22-16-37(51(87)71-33(12-18-65)50(86)78-39(55(91)77-38)24-30-9-7-6-8-10-30)75-49(85)34(13-19-66)76-58(94)47(28(4)82)80-53(89)36(15-21-68)74-56(92)40(70-29(5)83)25-31-41(59)43(61)45(63)44(62)42(31)60/h6-10,26-28,32-40,46-47,81-82H,11-25,64-68H2,1-5H3,(H,69,93)(H,70,83)(H,71,87)(H,72,84)(H,73,90)(H,74,92)(H,75,85)(H,76,94)(H,77,91)(H,78,86)(H,79,88)(H,80,89)/t27-,28+,32+,33-,34+,35+,36+,37+,38+,39-,40-,46+,47+/m1/s1. The number of amides is 12. The first kappa shape index (κ1) is 79.7. The highest BCUT2D eigenvalue weighted by Crippen LogP contribution is 2.24. The molecule has 24 N–H and O–H groups in total. The summed E-state index contributed by atoms with van der Waals surface area (Å²) in [6, 6.07) is -10.3. The summed E-state index contributed by atoms with van der Waals surface area (Å²) in [4.78, 5) is 167. The van der Waals surface area contributed by atoms with Crippen LogP contribution < -0.4 is 92.5 Å². The third kappa shape index (κ3) is 24.4.